The molecule has 0 bridgehead atoms. The Morgan fingerprint density at radius 3 is 2.00 bits per heavy atom. The van der Waals surface area contributed by atoms with Gasteiger partial charge in [0, 0.05) is 19.1 Å². The molecule has 0 aliphatic carbocycles. The van der Waals surface area contributed by atoms with Gasteiger partial charge in [0.25, 0.3) is 0 Å². The van der Waals surface area contributed by atoms with E-state index in [1.807, 2.05) is 60.7 Å². The number of rotatable bonds is 8. The van der Waals surface area contributed by atoms with Crippen LogP contribution in [-0.2, 0) is 4.79 Å². The Labute approximate surface area is 144 Å². The number of carbonyl (C=O) groups is 1. The van der Waals surface area contributed by atoms with Crippen molar-refractivity contribution in [1.82, 2.24) is 5.32 Å². The summed E-state index contributed by atoms with van der Waals surface area (Å²) in [6.45, 7) is 4.79. The Bertz CT molecular complexity index is 610. The molecule has 0 heterocycles. The van der Waals surface area contributed by atoms with E-state index < -0.39 is 0 Å². The molecule has 24 heavy (non-hydrogen) atoms. The minimum absolute atomic E-state index is 0.0510. The van der Waals surface area contributed by atoms with Crippen LogP contribution in [-0.4, -0.2) is 24.2 Å². The van der Waals surface area contributed by atoms with Crippen LogP contribution in [0, 0.1) is 5.92 Å². The molecule has 0 fully saturated rings. The van der Waals surface area contributed by atoms with Crippen LogP contribution in [0.2, 0.25) is 0 Å². The highest BCUT2D eigenvalue weighted by molar-refractivity contribution is 5.84. The average Bonchev–Trinajstić information content (AvgIpc) is 2.60. The monoisotopic (exact) mass is 325 g/mol. The predicted octanol–water partition coefficient (Wildman–Crippen LogP) is 3.71. The van der Waals surface area contributed by atoms with Crippen LogP contribution in [0.1, 0.15) is 43.2 Å². The fraction of sp³-hybridized carbons (Fsp3) is 0.381. The van der Waals surface area contributed by atoms with Crippen molar-refractivity contribution in [3.63, 3.8) is 0 Å². The highest BCUT2D eigenvalue weighted by Crippen LogP contribution is 2.25. The van der Waals surface area contributed by atoms with Gasteiger partial charge in [0.05, 0.1) is 5.92 Å². The molecule has 0 spiro atoms. The molecule has 128 valence electrons. The lowest BCUT2D eigenvalue weighted by molar-refractivity contribution is -0.123. The number of carbonyl (C=O) groups excluding carboxylic acids is 1. The Morgan fingerprint density at radius 2 is 1.50 bits per heavy atom. The summed E-state index contributed by atoms with van der Waals surface area (Å²) in [4.78, 5) is 12.8. The Hall–Kier alpha value is -2.13. The lowest BCUT2D eigenvalue weighted by Crippen LogP contribution is -2.35. The molecule has 2 atom stereocenters. The first-order chi connectivity index (χ1) is 11.6. The van der Waals surface area contributed by atoms with Gasteiger partial charge in [-0.3, -0.25) is 4.79 Å². The third kappa shape index (κ3) is 4.93. The summed E-state index contributed by atoms with van der Waals surface area (Å²) in [6.07, 6.45) is 0.641. The van der Waals surface area contributed by atoms with Gasteiger partial charge in [0.15, 0.2) is 0 Å². The molecule has 0 aliphatic heterocycles. The van der Waals surface area contributed by atoms with Crippen molar-refractivity contribution in [1.29, 1.82) is 0 Å². The van der Waals surface area contributed by atoms with E-state index in [0.717, 1.165) is 11.1 Å². The Balaban J connectivity index is 2.06. The van der Waals surface area contributed by atoms with Crippen LogP contribution in [0.15, 0.2) is 60.7 Å². The number of hydrogen-bond donors (Lipinski definition) is 2. The smallest absolute Gasteiger partial charge is 0.227 e. The van der Waals surface area contributed by atoms with E-state index in [0.29, 0.717) is 13.0 Å². The molecule has 3 heteroatoms. The van der Waals surface area contributed by atoms with Gasteiger partial charge < -0.3 is 10.4 Å². The number of benzene rings is 2. The van der Waals surface area contributed by atoms with Crippen molar-refractivity contribution < 1.29 is 9.90 Å². The second-order valence-corrected chi connectivity index (χ2v) is 6.50. The van der Waals surface area contributed by atoms with Crippen LogP contribution in [0.3, 0.4) is 0 Å². The molecule has 2 N–H and O–H groups in total. The van der Waals surface area contributed by atoms with Crippen LogP contribution in [0.4, 0.5) is 0 Å². The molecule has 0 aromatic heterocycles. The van der Waals surface area contributed by atoms with Gasteiger partial charge in [-0.05, 0) is 23.5 Å². The third-order valence-electron chi connectivity index (χ3n) is 4.38. The van der Waals surface area contributed by atoms with E-state index in [-0.39, 0.29) is 30.3 Å². The van der Waals surface area contributed by atoms with Gasteiger partial charge >= 0.3 is 0 Å². The van der Waals surface area contributed by atoms with E-state index in [9.17, 15) is 9.90 Å². The SMILES string of the molecule is CC(C)C(C(=O)NCC(CCO)c1ccccc1)c1ccccc1. The van der Waals surface area contributed by atoms with Crippen LogP contribution in [0.25, 0.3) is 0 Å². The molecule has 0 radical (unpaired) electrons. The highest BCUT2D eigenvalue weighted by Gasteiger charge is 2.24. The van der Waals surface area contributed by atoms with Gasteiger partial charge in [0.2, 0.25) is 5.91 Å². The van der Waals surface area contributed by atoms with E-state index in [1.165, 1.54) is 0 Å². The molecule has 0 saturated carbocycles. The molecule has 0 aliphatic rings. The fourth-order valence-electron chi connectivity index (χ4n) is 3.10. The van der Waals surface area contributed by atoms with Crippen molar-refractivity contribution in [2.45, 2.75) is 32.1 Å². The summed E-state index contributed by atoms with van der Waals surface area (Å²) in [5.41, 5.74) is 2.19. The van der Waals surface area contributed by atoms with Gasteiger partial charge in [-0.25, -0.2) is 0 Å². The first-order valence-corrected chi connectivity index (χ1v) is 8.62. The number of hydrogen-bond acceptors (Lipinski definition) is 2. The fourth-order valence-corrected chi connectivity index (χ4v) is 3.10. The lowest BCUT2D eigenvalue weighted by atomic mass is 9.87. The molecule has 2 unspecified atom stereocenters. The zero-order valence-electron chi connectivity index (χ0n) is 14.5. The van der Waals surface area contributed by atoms with Gasteiger partial charge in [-0.1, -0.05) is 74.5 Å². The topological polar surface area (TPSA) is 49.3 Å². The van der Waals surface area contributed by atoms with Gasteiger partial charge in [-0.2, -0.15) is 0 Å². The van der Waals surface area contributed by atoms with Gasteiger partial charge in [0.1, 0.15) is 0 Å². The summed E-state index contributed by atoms with van der Waals surface area (Å²) < 4.78 is 0. The number of nitrogens with one attached hydrogen (secondary N) is 1. The second-order valence-electron chi connectivity index (χ2n) is 6.50. The van der Waals surface area contributed by atoms with E-state index >= 15 is 0 Å². The van der Waals surface area contributed by atoms with Crippen molar-refractivity contribution in [2.24, 2.45) is 5.92 Å². The Kier molecular flexibility index (Phi) is 7.01. The van der Waals surface area contributed by atoms with E-state index in [4.69, 9.17) is 0 Å². The number of aliphatic hydroxyl groups is 1. The predicted molar refractivity (Wildman–Crippen MR) is 97.9 cm³/mol. The van der Waals surface area contributed by atoms with Crippen molar-refractivity contribution in [3.05, 3.63) is 71.8 Å². The van der Waals surface area contributed by atoms with Crippen molar-refractivity contribution >= 4 is 5.91 Å². The molecule has 2 aromatic carbocycles. The zero-order chi connectivity index (χ0) is 17.4. The normalized spacial score (nSPS) is 13.5. The largest absolute Gasteiger partial charge is 0.396 e. The number of aliphatic hydroxyl groups excluding tert-OH is 1. The lowest BCUT2D eigenvalue weighted by Gasteiger charge is -2.23. The summed E-state index contributed by atoms with van der Waals surface area (Å²) in [6, 6.07) is 20.0. The van der Waals surface area contributed by atoms with Crippen LogP contribution < -0.4 is 5.32 Å². The van der Waals surface area contributed by atoms with Crippen molar-refractivity contribution in [3.8, 4) is 0 Å². The standard InChI is InChI=1S/C21H27NO2/c1-16(2)20(18-11-7-4-8-12-18)21(24)22-15-19(13-14-23)17-9-5-3-6-10-17/h3-12,16,19-20,23H,13-15H2,1-2H3,(H,22,24). The molecule has 3 nitrogen and oxygen atoms in total. The van der Waals surface area contributed by atoms with Crippen LogP contribution in [0.5, 0.6) is 0 Å². The maximum atomic E-state index is 12.8. The maximum absolute atomic E-state index is 12.8. The number of amides is 1. The highest BCUT2D eigenvalue weighted by atomic mass is 16.3. The van der Waals surface area contributed by atoms with E-state index in [2.05, 4.69) is 19.2 Å². The molecule has 1 amide bonds. The molecule has 0 saturated heterocycles. The minimum Gasteiger partial charge on any atom is -0.396 e. The molecular weight excluding hydrogens is 298 g/mol. The average molecular weight is 325 g/mol. The summed E-state index contributed by atoms with van der Waals surface area (Å²) in [5.74, 6) is 0.246. The van der Waals surface area contributed by atoms with Crippen LogP contribution >= 0.6 is 0 Å². The maximum Gasteiger partial charge on any atom is 0.227 e. The minimum atomic E-state index is -0.156. The summed E-state index contributed by atoms with van der Waals surface area (Å²) in [5, 5.41) is 12.4. The Morgan fingerprint density at radius 1 is 0.958 bits per heavy atom. The zero-order valence-corrected chi connectivity index (χ0v) is 14.5. The second kappa shape index (κ2) is 9.24. The first kappa shape index (κ1) is 18.2. The first-order valence-electron chi connectivity index (χ1n) is 8.62. The molecule has 2 aromatic rings. The quantitative estimate of drug-likeness (QED) is 0.777. The summed E-state index contributed by atoms with van der Waals surface area (Å²) >= 11 is 0. The van der Waals surface area contributed by atoms with Gasteiger partial charge in [-0.15, -0.1) is 0 Å². The molecular formula is C21H27NO2. The summed E-state index contributed by atoms with van der Waals surface area (Å²) in [7, 11) is 0. The van der Waals surface area contributed by atoms with Crippen molar-refractivity contribution in [2.75, 3.05) is 13.2 Å². The van der Waals surface area contributed by atoms with E-state index in [1.54, 1.807) is 0 Å². The third-order valence-corrected chi connectivity index (χ3v) is 4.38. The molecule has 2 rings (SSSR count).